The number of alkyl carbamates (subject to hydrolysis) is 1. The lowest BCUT2D eigenvalue weighted by molar-refractivity contribution is 0.0527. The lowest BCUT2D eigenvalue weighted by Gasteiger charge is -2.21. The standard InChI is InChI=1S/C15H30N2O2/c1-11-9-15(5,6)10-12(11)16-7-8-17-13(18)19-14(2,3)4/h11-12,16H,7-10H2,1-6H3,(H,17,18). The number of hydrogen-bond acceptors (Lipinski definition) is 3. The maximum absolute atomic E-state index is 11.5. The van der Waals surface area contributed by atoms with Crippen LogP contribution in [0, 0.1) is 11.3 Å². The van der Waals surface area contributed by atoms with E-state index in [-0.39, 0.29) is 6.09 Å². The summed E-state index contributed by atoms with van der Waals surface area (Å²) in [6, 6.07) is 0.565. The molecule has 0 aromatic rings. The highest BCUT2D eigenvalue weighted by Crippen LogP contribution is 2.40. The monoisotopic (exact) mass is 270 g/mol. The molecular formula is C15H30N2O2. The largest absolute Gasteiger partial charge is 0.444 e. The molecule has 0 bridgehead atoms. The average Bonchev–Trinajstić information content (AvgIpc) is 2.44. The summed E-state index contributed by atoms with van der Waals surface area (Å²) >= 11 is 0. The molecule has 0 spiro atoms. The van der Waals surface area contributed by atoms with Gasteiger partial charge in [0.15, 0.2) is 0 Å². The number of carbonyl (C=O) groups is 1. The number of ether oxygens (including phenoxy) is 1. The zero-order chi connectivity index (χ0) is 14.7. The lowest BCUT2D eigenvalue weighted by atomic mass is 9.91. The Kier molecular flexibility index (Phi) is 5.25. The van der Waals surface area contributed by atoms with Crippen molar-refractivity contribution in [3.05, 3.63) is 0 Å². The van der Waals surface area contributed by atoms with Gasteiger partial charge < -0.3 is 15.4 Å². The van der Waals surface area contributed by atoms with Gasteiger partial charge in [-0.05, 0) is 44.9 Å². The normalized spacial score (nSPS) is 26.2. The molecule has 0 radical (unpaired) electrons. The Morgan fingerprint density at radius 3 is 2.37 bits per heavy atom. The van der Waals surface area contributed by atoms with Crippen molar-refractivity contribution in [2.45, 2.75) is 66.0 Å². The third-order valence-electron chi connectivity index (χ3n) is 3.53. The van der Waals surface area contributed by atoms with E-state index in [1.807, 2.05) is 20.8 Å². The van der Waals surface area contributed by atoms with Crippen LogP contribution in [0.15, 0.2) is 0 Å². The van der Waals surface area contributed by atoms with E-state index in [0.717, 1.165) is 6.54 Å². The van der Waals surface area contributed by atoms with Crippen LogP contribution in [0.25, 0.3) is 0 Å². The van der Waals surface area contributed by atoms with E-state index >= 15 is 0 Å². The lowest BCUT2D eigenvalue weighted by Crippen LogP contribution is -2.40. The van der Waals surface area contributed by atoms with Crippen LogP contribution < -0.4 is 10.6 Å². The number of carbonyl (C=O) groups excluding carboxylic acids is 1. The van der Waals surface area contributed by atoms with Gasteiger partial charge in [-0.25, -0.2) is 4.79 Å². The predicted molar refractivity (Wildman–Crippen MR) is 78.2 cm³/mol. The number of rotatable bonds is 4. The molecule has 4 heteroatoms. The van der Waals surface area contributed by atoms with E-state index in [0.29, 0.717) is 23.9 Å². The maximum Gasteiger partial charge on any atom is 0.407 e. The predicted octanol–water partition coefficient (Wildman–Crippen LogP) is 2.93. The second-order valence-corrected chi connectivity index (χ2v) is 7.54. The summed E-state index contributed by atoms with van der Waals surface area (Å²) in [7, 11) is 0. The van der Waals surface area contributed by atoms with Gasteiger partial charge in [0.1, 0.15) is 5.60 Å². The molecule has 4 nitrogen and oxygen atoms in total. The van der Waals surface area contributed by atoms with Crippen LogP contribution in [0.3, 0.4) is 0 Å². The molecule has 2 atom stereocenters. The summed E-state index contributed by atoms with van der Waals surface area (Å²) in [6.45, 7) is 14.0. The first kappa shape index (κ1) is 16.3. The summed E-state index contributed by atoms with van der Waals surface area (Å²) in [5.41, 5.74) is 0.0111. The first-order valence-electron chi connectivity index (χ1n) is 7.29. The third-order valence-corrected chi connectivity index (χ3v) is 3.53. The topological polar surface area (TPSA) is 50.4 Å². The van der Waals surface area contributed by atoms with Crippen LogP contribution >= 0.6 is 0 Å². The Hall–Kier alpha value is -0.770. The van der Waals surface area contributed by atoms with Crippen LogP contribution in [-0.2, 0) is 4.74 Å². The fourth-order valence-corrected chi connectivity index (χ4v) is 2.90. The molecule has 1 aliphatic carbocycles. The van der Waals surface area contributed by atoms with Crippen LogP contribution in [0.2, 0.25) is 0 Å². The van der Waals surface area contributed by atoms with Crippen molar-refractivity contribution in [2.75, 3.05) is 13.1 Å². The van der Waals surface area contributed by atoms with E-state index in [2.05, 4.69) is 31.4 Å². The molecule has 1 fully saturated rings. The molecule has 1 saturated carbocycles. The van der Waals surface area contributed by atoms with Gasteiger partial charge in [0, 0.05) is 19.1 Å². The first-order chi connectivity index (χ1) is 8.59. The molecule has 0 heterocycles. The van der Waals surface area contributed by atoms with Gasteiger partial charge in [0.25, 0.3) is 0 Å². The van der Waals surface area contributed by atoms with Gasteiger partial charge in [0.05, 0.1) is 0 Å². The van der Waals surface area contributed by atoms with Gasteiger partial charge in [-0.2, -0.15) is 0 Å². The number of amides is 1. The maximum atomic E-state index is 11.5. The van der Waals surface area contributed by atoms with Gasteiger partial charge in [-0.3, -0.25) is 0 Å². The van der Waals surface area contributed by atoms with Crippen molar-refractivity contribution >= 4 is 6.09 Å². The molecule has 1 aliphatic rings. The van der Waals surface area contributed by atoms with Crippen molar-refractivity contribution in [2.24, 2.45) is 11.3 Å². The molecule has 19 heavy (non-hydrogen) atoms. The van der Waals surface area contributed by atoms with E-state index in [1.54, 1.807) is 0 Å². The fraction of sp³-hybridized carbons (Fsp3) is 0.933. The Morgan fingerprint density at radius 1 is 1.26 bits per heavy atom. The zero-order valence-electron chi connectivity index (χ0n) is 13.3. The molecule has 1 rings (SSSR count). The van der Waals surface area contributed by atoms with Gasteiger partial charge in [-0.1, -0.05) is 20.8 Å². The highest BCUT2D eigenvalue weighted by Gasteiger charge is 2.36. The molecule has 112 valence electrons. The molecule has 0 aromatic heterocycles. The minimum Gasteiger partial charge on any atom is -0.444 e. The molecule has 0 saturated heterocycles. The highest BCUT2D eigenvalue weighted by molar-refractivity contribution is 5.67. The Balaban J connectivity index is 2.16. The minimum atomic E-state index is -0.429. The van der Waals surface area contributed by atoms with E-state index in [9.17, 15) is 4.79 Å². The van der Waals surface area contributed by atoms with Crippen molar-refractivity contribution in [3.8, 4) is 0 Å². The number of nitrogens with one attached hydrogen (secondary N) is 2. The Bertz CT molecular complexity index is 308. The van der Waals surface area contributed by atoms with Crippen molar-refractivity contribution in [1.82, 2.24) is 10.6 Å². The van der Waals surface area contributed by atoms with Crippen LogP contribution in [0.1, 0.15) is 54.4 Å². The van der Waals surface area contributed by atoms with E-state index < -0.39 is 5.60 Å². The summed E-state index contributed by atoms with van der Waals surface area (Å²) in [5, 5.41) is 6.31. The Morgan fingerprint density at radius 2 is 1.89 bits per heavy atom. The quantitative estimate of drug-likeness (QED) is 0.772. The van der Waals surface area contributed by atoms with Gasteiger partial charge in [0.2, 0.25) is 0 Å². The Labute approximate surface area is 117 Å². The molecular weight excluding hydrogens is 240 g/mol. The van der Waals surface area contributed by atoms with Crippen LogP contribution in [0.5, 0.6) is 0 Å². The SMILES string of the molecule is CC1CC(C)(C)CC1NCCNC(=O)OC(C)(C)C. The van der Waals surface area contributed by atoms with Crippen molar-refractivity contribution in [1.29, 1.82) is 0 Å². The summed E-state index contributed by atoms with van der Waals surface area (Å²) < 4.78 is 5.19. The molecule has 0 aliphatic heterocycles. The molecule has 2 unspecified atom stereocenters. The van der Waals surface area contributed by atoms with Crippen LogP contribution in [-0.4, -0.2) is 30.8 Å². The minimum absolute atomic E-state index is 0.339. The second-order valence-electron chi connectivity index (χ2n) is 7.54. The first-order valence-corrected chi connectivity index (χ1v) is 7.29. The highest BCUT2D eigenvalue weighted by atomic mass is 16.6. The summed E-state index contributed by atoms with van der Waals surface area (Å²) in [4.78, 5) is 11.5. The number of hydrogen-bond donors (Lipinski definition) is 2. The van der Waals surface area contributed by atoms with Crippen molar-refractivity contribution < 1.29 is 9.53 Å². The van der Waals surface area contributed by atoms with Gasteiger partial charge in [-0.15, -0.1) is 0 Å². The molecule has 0 aromatic carbocycles. The smallest absolute Gasteiger partial charge is 0.407 e. The third kappa shape index (κ3) is 6.28. The van der Waals surface area contributed by atoms with E-state index in [1.165, 1.54) is 12.8 Å². The average molecular weight is 270 g/mol. The molecule has 2 N–H and O–H groups in total. The van der Waals surface area contributed by atoms with Crippen molar-refractivity contribution in [3.63, 3.8) is 0 Å². The summed E-state index contributed by atoms with van der Waals surface area (Å²) in [5.74, 6) is 0.705. The zero-order valence-corrected chi connectivity index (χ0v) is 13.3. The molecule has 1 amide bonds. The second kappa shape index (κ2) is 6.12. The van der Waals surface area contributed by atoms with E-state index in [4.69, 9.17) is 4.74 Å². The van der Waals surface area contributed by atoms with Crippen LogP contribution in [0.4, 0.5) is 4.79 Å². The fourth-order valence-electron chi connectivity index (χ4n) is 2.90. The summed E-state index contributed by atoms with van der Waals surface area (Å²) in [6.07, 6.45) is 2.14. The van der Waals surface area contributed by atoms with Gasteiger partial charge >= 0.3 is 6.09 Å².